The minimum atomic E-state index is -3.86. The van der Waals surface area contributed by atoms with Crippen molar-refractivity contribution in [2.75, 3.05) is 20.6 Å². The first-order chi connectivity index (χ1) is 12.1. The van der Waals surface area contributed by atoms with Gasteiger partial charge in [0.25, 0.3) is 0 Å². The monoisotopic (exact) mass is 397 g/mol. The smallest absolute Gasteiger partial charge is 0.240 e. The summed E-state index contributed by atoms with van der Waals surface area (Å²) in [5.74, 6) is 0. The molecule has 0 amide bonds. The van der Waals surface area contributed by atoms with E-state index in [1.165, 1.54) is 24.3 Å². The van der Waals surface area contributed by atoms with Crippen LogP contribution in [0.15, 0.2) is 64.4 Å². The van der Waals surface area contributed by atoms with Crippen molar-refractivity contribution < 1.29 is 16.8 Å². The fraction of sp³-hybridized carbons (Fsp3) is 0.294. The Morgan fingerprint density at radius 1 is 0.923 bits per heavy atom. The summed E-state index contributed by atoms with van der Waals surface area (Å²) in [7, 11) is -3.83. The van der Waals surface area contributed by atoms with Crippen LogP contribution in [-0.2, 0) is 26.5 Å². The van der Waals surface area contributed by atoms with Gasteiger partial charge in [0.2, 0.25) is 20.0 Å². The fourth-order valence-electron chi connectivity index (χ4n) is 2.42. The zero-order valence-corrected chi connectivity index (χ0v) is 16.3. The molecule has 0 saturated heterocycles. The minimum Gasteiger partial charge on any atom is -0.305 e. The number of likely N-dealkylation sites (N-methyl/N-ethyl adjacent to an activating group) is 1. The van der Waals surface area contributed by atoms with Crippen molar-refractivity contribution in [3.05, 3.63) is 60.2 Å². The summed E-state index contributed by atoms with van der Waals surface area (Å²) in [5, 5.41) is 5.02. The van der Waals surface area contributed by atoms with Crippen LogP contribution in [0, 0.1) is 0 Å². The van der Waals surface area contributed by atoms with Crippen LogP contribution in [0.3, 0.4) is 0 Å². The second-order valence-electron chi connectivity index (χ2n) is 6.18. The third kappa shape index (κ3) is 5.61. The van der Waals surface area contributed by atoms with Crippen LogP contribution in [0.5, 0.6) is 0 Å². The van der Waals surface area contributed by atoms with Gasteiger partial charge in [-0.3, -0.25) is 0 Å². The molecule has 0 heterocycles. The van der Waals surface area contributed by atoms with Crippen molar-refractivity contribution in [3.63, 3.8) is 0 Å². The van der Waals surface area contributed by atoms with Gasteiger partial charge in [0.15, 0.2) is 0 Å². The number of benzene rings is 2. The number of nitrogens with one attached hydrogen (secondary N) is 1. The van der Waals surface area contributed by atoms with Crippen LogP contribution < -0.4 is 9.86 Å². The highest BCUT2D eigenvalue weighted by Crippen LogP contribution is 2.14. The number of nitrogens with two attached hydrogens (primary N) is 1. The highest BCUT2D eigenvalue weighted by molar-refractivity contribution is 7.89. The van der Waals surface area contributed by atoms with E-state index in [1.807, 2.05) is 49.3 Å². The van der Waals surface area contributed by atoms with Crippen LogP contribution in [0.4, 0.5) is 0 Å². The van der Waals surface area contributed by atoms with Crippen molar-refractivity contribution in [2.45, 2.75) is 22.3 Å². The summed E-state index contributed by atoms with van der Waals surface area (Å²) < 4.78 is 50.0. The maximum atomic E-state index is 12.5. The van der Waals surface area contributed by atoms with Crippen LogP contribution in [0.1, 0.15) is 5.56 Å². The molecule has 0 fully saturated rings. The maximum Gasteiger partial charge on any atom is 0.240 e. The van der Waals surface area contributed by atoms with E-state index in [9.17, 15) is 16.8 Å². The molecule has 1 unspecified atom stereocenters. The van der Waals surface area contributed by atoms with E-state index in [-0.39, 0.29) is 22.4 Å². The predicted molar refractivity (Wildman–Crippen MR) is 101 cm³/mol. The van der Waals surface area contributed by atoms with Crippen LogP contribution in [-0.4, -0.2) is 48.4 Å². The van der Waals surface area contributed by atoms with Gasteiger partial charge < -0.3 is 4.90 Å². The summed E-state index contributed by atoms with van der Waals surface area (Å²) in [6.07, 6.45) is 0.695. The van der Waals surface area contributed by atoms with Crippen molar-refractivity contribution >= 4 is 20.0 Å². The van der Waals surface area contributed by atoms with Gasteiger partial charge in [0, 0.05) is 12.6 Å². The lowest BCUT2D eigenvalue weighted by Gasteiger charge is -2.24. The first-order valence-electron chi connectivity index (χ1n) is 7.92. The number of primary sulfonamides is 1. The van der Waals surface area contributed by atoms with Crippen molar-refractivity contribution in [1.29, 1.82) is 0 Å². The molecule has 2 aromatic rings. The Balaban J connectivity index is 2.09. The predicted octanol–water partition coefficient (Wildman–Crippen LogP) is 0.785. The van der Waals surface area contributed by atoms with Crippen molar-refractivity contribution in [1.82, 2.24) is 9.62 Å². The molecule has 0 aliphatic rings. The van der Waals surface area contributed by atoms with Gasteiger partial charge in [-0.05, 0) is 50.3 Å². The number of sulfonamides is 2. The molecular weight excluding hydrogens is 374 g/mol. The average Bonchev–Trinajstić information content (AvgIpc) is 2.58. The number of hydrogen-bond donors (Lipinski definition) is 2. The number of hydrogen-bond acceptors (Lipinski definition) is 5. The molecule has 1 atom stereocenters. The Morgan fingerprint density at radius 3 is 1.96 bits per heavy atom. The van der Waals surface area contributed by atoms with Crippen LogP contribution in [0.25, 0.3) is 0 Å². The first kappa shape index (κ1) is 20.5. The summed E-state index contributed by atoms with van der Waals surface area (Å²) in [6.45, 7) is 0.223. The summed E-state index contributed by atoms with van der Waals surface area (Å²) in [6, 6.07) is 14.6. The molecule has 3 N–H and O–H groups in total. The third-order valence-electron chi connectivity index (χ3n) is 4.02. The molecule has 7 nitrogen and oxygen atoms in total. The van der Waals surface area contributed by atoms with Gasteiger partial charge in [-0.1, -0.05) is 30.3 Å². The lowest BCUT2D eigenvalue weighted by molar-refractivity contribution is 0.291. The normalized spacial score (nSPS) is 13.7. The third-order valence-corrected chi connectivity index (χ3v) is 6.38. The van der Waals surface area contributed by atoms with Crippen molar-refractivity contribution in [3.8, 4) is 0 Å². The molecule has 0 aliphatic heterocycles. The van der Waals surface area contributed by atoms with E-state index >= 15 is 0 Å². The largest absolute Gasteiger partial charge is 0.305 e. The fourth-order valence-corrected chi connectivity index (χ4v) is 4.01. The Morgan fingerprint density at radius 2 is 1.46 bits per heavy atom. The molecule has 0 radical (unpaired) electrons. The minimum absolute atomic E-state index is 0.0119. The molecule has 0 aromatic heterocycles. The van der Waals surface area contributed by atoms with Gasteiger partial charge >= 0.3 is 0 Å². The Kier molecular flexibility index (Phi) is 6.53. The molecule has 0 aliphatic carbocycles. The van der Waals surface area contributed by atoms with E-state index in [2.05, 4.69) is 4.72 Å². The average molecular weight is 398 g/mol. The highest BCUT2D eigenvalue weighted by Gasteiger charge is 2.19. The van der Waals surface area contributed by atoms with E-state index < -0.39 is 20.0 Å². The van der Waals surface area contributed by atoms with Crippen molar-refractivity contribution in [2.24, 2.45) is 5.14 Å². The van der Waals surface area contributed by atoms with E-state index in [4.69, 9.17) is 5.14 Å². The van der Waals surface area contributed by atoms with Crippen LogP contribution in [0.2, 0.25) is 0 Å². The first-order valence-corrected chi connectivity index (χ1v) is 11.0. The Bertz CT molecular complexity index is 926. The summed E-state index contributed by atoms with van der Waals surface area (Å²) >= 11 is 0. The van der Waals surface area contributed by atoms with Gasteiger partial charge in [-0.25, -0.2) is 26.7 Å². The van der Waals surface area contributed by atoms with E-state index in [0.717, 1.165) is 5.56 Å². The van der Waals surface area contributed by atoms with Gasteiger partial charge in [-0.15, -0.1) is 0 Å². The summed E-state index contributed by atoms with van der Waals surface area (Å²) in [4.78, 5) is 1.81. The Hall–Kier alpha value is -1.78. The molecular formula is C17H23N3O4S2. The molecule has 142 valence electrons. The zero-order valence-electron chi connectivity index (χ0n) is 14.7. The van der Waals surface area contributed by atoms with Gasteiger partial charge in [-0.2, -0.15) is 0 Å². The lowest BCUT2D eigenvalue weighted by atomic mass is 10.1. The molecule has 0 spiro atoms. The standard InChI is InChI=1S/C17H23N3O4S2/c1-20(2)15(12-14-6-4-3-5-7-14)13-19-26(23,24)17-10-8-16(9-11-17)25(18,21)22/h3-11,15,19H,12-13H2,1-2H3,(H2,18,21,22). The Labute approximate surface area is 154 Å². The molecule has 2 rings (SSSR count). The van der Waals surface area contributed by atoms with Crippen LogP contribution >= 0.6 is 0 Å². The molecule has 0 bridgehead atoms. The molecule has 26 heavy (non-hydrogen) atoms. The maximum absolute atomic E-state index is 12.5. The zero-order chi connectivity index (χ0) is 19.4. The van der Waals surface area contributed by atoms with E-state index in [0.29, 0.717) is 6.42 Å². The topological polar surface area (TPSA) is 110 Å². The SMILES string of the molecule is CN(C)C(CNS(=O)(=O)c1ccc(S(N)(=O)=O)cc1)Cc1ccccc1. The summed E-state index contributed by atoms with van der Waals surface area (Å²) in [5.41, 5.74) is 1.11. The number of rotatable bonds is 8. The second-order valence-corrected chi connectivity index (χ2v) is 9.50. The number of nitrogens with zero attached hydrogens (tertiary/aromatic N) is 1. The highest BCUT2D eigenvalue weighted by atomic mass is 32.2. The molecule has 2 aromatic carbocycles. The molecule has 0 saturated carbocycles. The van der Waals surface area contributed by atoms with E-state index in [1.54, 1.807) is 0 Å². The van der Waals surface area contributed by atoms with Gasteiger partial charge in [0.1, 0.15) is 0 Å². The quantitative estimate of drug-likeness (QED) is 0.684. The molecule has 9 heteroatoms. The lowest BCUT2D eigenvalue weighted by Crippen LogP contribution is -2.41. The second kappa shape index (κ2) is 8.28. The van der Waals surface area contributed by atoms with Gasteiger partial charge in [0.05, 0.1) is 9.79 Å².